The molecule has 1 fully saturated rings. The zero-order chi connectivity index (χ0) is 20.1. The fraction of sp³-hybridized carbons (Fsp3) is 0.240. The maximum absolute atomic E-state index is 11.1. The summed E-state index contributed by atoms with van der Waals surface area (Å²) in [6.07, 6.45) is 0.644. The monoisotopic (exact) mass is 386 g/mol. The van der Waals surface area contributed by atoms with Gasteiger partial charge in [-0.2, -0.15) is 0 Å². The lowest BCUT2D eigenvalue weighted by molar-refractivity contribution is 0.109. The van der Waals surface area contributed by atoms with E-state index < -0.39 is 11.6 Å². The van der Waals surface area contributed by atoms with Crippen LogP contribution in [0.25, 0.3) is 0 Å². The maximum atomic E-state index is 11.1. The molecule has 0 aromatic heterocycles. The van der Waals surface area contributed by atoms with Crippen molar-refractivity contribution in [2.45, 2.75) is 24.4 Å². The Labute approximate surface area is 171 Å². The standard InChI is InChI=1S/C25H26N2O2/c28-24(29)26-23-16-18-27(19-17-23)25(20-10-4-1-5-11-20,21-12-6-2-7-13-21)22-14-8-3-9-15-22/h1-15,23,26H,16-19H2,(H,28,29). The van der Waals surface area contributed by atoms with Gasteiger partial charge in [0.1, 0.15) is 0 Å². The lowest BCUT2D eigenvalue weighted by Crippen LogP contribution is -2.54. The molecule has 0 bridgehead atoms. The number of benzene rings is 3. The SMILES string of the molecule is O=C(O)NC1CCN(C(c2ccccc2)(c2ccccc2)c2ccccc2)CC1. The molecule has 0 spiro atoms. The third kappa shape index (κ3) is 3.76. The van der Waals surface area contributed by atoms with Gasteiger partial charge in [-0.1, -0.05) is 91.0 Å². The topological polar surface area (TPSA) is 52.6 Å². The van der Waals surface area contributed by atoms with E-state index in [0.717, 1.165) is 25.9 Å². The van der Waals surface area contributed by atoms with Gasteiger partial charge in [0, 0.05) is 19.1 Å². The van der Waals surface area contributed by atoms with Gasteiger partial charge in [0.05, 0.1) is 5.54 Å². The number of nitrogens with zero attached hydrogens (tertiary/aromatic N) is 1. The molecule has 1 aliphatic heterocycles. The van der Waals surface area contributed by atoms with Gasteiger partial charge < -0.3 is 10.4 Å². The largest absolute Gasteiger partial charge is 0.465 e. The maximum Gasteiger partial charge on any atom is 0.404 e. The van der Waals surface area contributed by atoms with Crippen LogP contribution in [0.3, 0.4) is 0 Å². The Morgan fingerprint density at radius 2 is 1.14 bits per heavy atom. The minimum atomic E-state index is -0.941. The molecule has 1 amide bonds. The molecule has 4 heteroatoms. The van der Waals surface area contributed by atoms with E-state index in [2.05, 4.69) is 83.0 Å². The molecule has 2 N–H and O–H groups in total. The number of nitrogens with one attached hydrogen (secondary N) is 1. The number of amides is 1. The van der Waals surface area contributed by atoms with Crippen LogP contribution in [0.2, 0.25) is 0 Å². The Morgan fingerprint density at radius 3 is 1.48 bits per heavy atom. The predicted molar refractivity (Wildman–Crippen MR) is 115 cm³/mol. The zero-order valence-corrected chi connectivity index (χ0v) is 16.4. The molecule has 0 unspecified atom stereocenters. The van der Waals surface area contributed by atoms with E-state index >= 15 is 0 Å². The third-order valence-corrected chi connectivity index (χ3v) is 5.87. The summed E-state index contributed by atoms with van der Waals surface area (Å²) in [5, 5.41) is 11.8. The average molecular weight is 386 g/mol. The Hall–Kier alpha value is -3.11. The second-order valence-electron chi connectivity index (χ2n) is 7.52. The normalized spacial score (nSPS) is 15.7. The van der Waals surface area contributed by atoms with Crippen LogP contribution in [0.4, 0.5) is 4.79 Å². The van der Waals surface area contributed by atoms with Crippen LogP contribution in [0.15, 0.2) is 91.0 Å². The van der Waals surface area contributed by atoms with Crippen LogP contribution < -0.4 is 5.32 Å². The molecule has 3 aromatic carbocycles. The van der Waals surface area contributed by atoms with Crippen molar-refractivity contribution in [2.24, 2.45) is 0 Å². The van der Waals surface area contributed by atoms with Gasteiger partial charge >= 0.3 is 6.09 Å². The molecule has 0 saturated carbocycles. The fourth-order valence-corrected chi connectivity index (χ4v) is 4.62. The van der Waals surface area contributed by atoms with E-state index in [1.807, 2.05) is 18.2 Å². The first-order valence-electron chi connectivity index (χ1n) is 10.1. The second kappa shape index (κ2) is 8.50. The van der Waals surface area contributed by atoms with Gasteiger partial charge in [0.2, 0.25) is 0 Å². The molecule has 1 heterocycles. The molecule has 4 nitrogen and oxygen atoms in total. The molecular weight excluding hydrogens is 360 g/mol. The van der Waals surface area contributed by atoms with Crippen molar-refractivity contribution in [1.29, 1.82) is 0 Å². The first-order valence-corrected chi connectivity index (χ1v) is 10.1. The first kappa shape index (κ1) is 19.2. The van der Waals surface area contributed by atoms with Crippen molar-refractivity contribution in [3.63, 3.8) is 0 Å². The lowest BCUT2D eigenvalue weighted by atomic mass is 9.74. The molecule has 148 valence electrons. The van der Waals surface area contributed by atoms with E-state index in [1.165, 1.54) is 16.7 Å². The summed E-state index contributed by atoms with van der Waals surface area (Å²) in [6.45, 7) is 1.62. The van der Waals surface area contributed by atoms with Gasteiger partial charge in [-0.3, -0.25) is 4.90 Å². The van der Waals surface area contributed by atoms with Crippen molar-refractivity contribution in [1.82, 2.24) is 10.2 Å². The van der Waals surface area contributed by atoms with Crippen LogP contribution >= 0.6 is 0 Å². The minimum absolute atomic E-state index is 0.00349. The Bertz CT molecular complexity index is 824. The fourth-order valence-electron chi connectivity index (χ4n) is 4.62. The first-order chi connectivity index (χ1) is 14.2. The summed E-state index contributed by atoms with van der Waals surface area (Å²) in [5.41, 5.74) is 3.25. The van der Waals surface area contributed by atoms with Crippen LogP contribution in [0.1, 0.15) is 29.5 Å². The van der Waals surface area contributed by atoms with Crippen molar-refractivity contribution in [3.05, 3.63) is 108 Å². The Morgan fingerprint density at radius 1 is 0.759 bits per heavy atom. The van der Waals surface area contributed by atoms with Crippen LogP contribution in [-0.2, 0) is 5.54 Å². The number of piperidine rings is 1. The molecule has 4 rings (SSSR count). The molecule has 1 aliphatic rings. The third-order valence-electron chi connectivity index (χ3n) is 5.87. The van der Waals surface area contributed by atoms with E-state index in [1.54, 1.807) is 0 Å². The van der Waals surface area contributed by atoms with Crippen molar-refractivity contribution in [3.8, 4) is 0 Å². The summed E-state index contributed by atoms with van der Waals surface area (Å²) in [4.78, 5) is 13.6. The van der Waals surface area contributed by atoms with E-state index in [9.17, 15) is 4.79 Å². The number of hydrogen-bond donors (Lipinski definition) is 2. The van der Waals surface area contributed by atoms with Gasteiger partial charge in [-0.05, 0) is 29.5 Å². The molecule has 29 heavy (non-hydrogen) atoms. The van der Waals surface area contributed by atoms with E-state index in [-0.39, 0.29) is 6.04 Å². The predicted octanol–water partition coefficient (Wildman–Crippen LogP) is 4.71. The molecule has 0 atom stereocenters. The van der Waals surface area contributed by atoms with Crippen molar-refractivity contribution >= 4 is 6.09 Å². The highest BCUT2D eigenvalue weighted by molar-refractivity contribution is 5.64. The van der Waals surface area contributed by atoms with Crippen molar-refractivity contribution < 1.29 is 9.90 Å². The molecular formula is C25H26N2O2. The van der Waals surface area contributed by atoms with E-state index in [4.69, 9.17) is 5.11 Å². The lowest BCUT2D eigenvalue weighted by Gasteiger charge is -2.48. The molecule has 0 aliphatic carbocycles. The van der Waals surface area contributed by atoms with Crippen LogP contribution in [0, 0.1) is 0 Å². The van der Waals surface area contributed by atoms with Crippen molar-refractivity contribution in [2.75, 3.05) is 13.1 Å². The molecule has 0 radical (unpaired) electrons. The summed E-state index contributed by atoms with van der Waals surface area (Å²) >= 11 is 0. The molecule has 3 aromatic rings. The zero-order valence-electron chi connectivity index (χ0n) is 16.4. The number of rotatable bonds is 5. The van der Waals surface area contributed by atoms with Crippen LogP contribution in [0.5, 0.6) is 0 Å². The highest BCUT2D eigenvalue weighted by Crippen LogP contribution is 2.43. The summed E-state index contributed by atoms with van der Waals surface area (Å²) in [7, 11) is 0. The summed E-state index contributed by atoms with van der Waals surface area (Å²) in [6, 6.07) is 31.9. The van der Waals surface area contributed by atoms with Gasteiger partial charge in [0.25, 0.3) is 0 Å². The highest BCUT2D eigenvalue weighted by Gasteiger charge is 2.43. The number of hydrogen-bond acceptors (Lipinski definition) is 2. The van der Waals surface area contributed by atoms with Gasteiger partial charge in [-0.25, -0.2) is 4.79 Å². The van der Waals surface area contributed by atoms with E-state index in [0.29, 0.717) is 0 Å². The quantitative estimate of drug-likeness (QED) is 0.625. The smallest absolute Gasteiger partial charge is 0.404 e. The Kier molecular flexibility index (Phi) is 5.63. The van der Waals surface area contributed by atoms with Crippen LogP contribution in [-0.4, -0.2) is 35.2 Å². The number of carbonyl (C=O) groups is 1. The average Bonchev–Trinajstić information content (AvgIpc) is 2.77. The number of carboxylic acid groups (broad SMARTS) is 1. The summed E-state index contributed by atoms with van der Waals surface area (Å²) < 4.78 is 0. The summed E-state index contributed by atoms with van der Waals surface area (Å²) in [5.74, 6) is 0. The molecule has 1 saturated heterocycles. The highest BCUT2D eigenvalue weighted by atomic mass is 16.4. The Balaban J connectivity index is 1.84. The second-order valence-corrected chi connectivity index (χ2v) is 7.52. The van der Waals surface area contributed by atoms with Gasteiger partial charge in [-0.15, -0.1) is 0 Å². The minimum Gasteiger partial charge on any atom is -0.465 e. The van der Waals surface area contributed by atoms with Gasteiger partial charge in [0.15, 0.2) is 0 Å². The number of likely N-dealkylation sites (tertiary alicyclic amines) is 1.